The van der Waals surface area contributed by atoms with Crippen LogP contribution in [0.2, 0.25) is 0 Å². The Kier molecular flexibility index (Phi) is 4.31. The van der Waals surface area contributed by atoms with Gasteiger partial charge in [0.2, 0.25) is 0 Å². The van der Waals surface area contributed by atoms with Crippen LogP contribution in [0.15, 0.2) is 18.2 Å². The quantitative estimate of drug-likeness (QED) is 0.660. The smallest absolute Gasteiger partial charge is 0.290 e. The van der Waals surface area contributed by atoms with Crippen LogP contribution in [0, 0.1) is 27.4 Å². The van der Waals surface area contributed by atoms with Crippen LogP contribution in [-0.2, 0) is 0 Å². The molecule has 1 atom stereocenters. The molecule has 6 heteroatoms. The lowest BCUT2D eigenvalue weighted by Crippen LogP contribution is -2.33. The summed E-state index contributed by atoms with van der Waals surface area (Å²) in [6.07, 6.45) is 2.18. The maximum absolute atomic E-state index is 10.8. The minimum absolute atomic E-state index is 0.00345. The van der Waals surface area contributed by atoms with Crippen molar-refractivity contribution in [2.45, 2.75) is 12.8 Å². The molecule has 2 rings (SSSR count). The lowest BCUT2D eigenvalue weighted by Gasteiger charge is -2.22. The van der Waals surface area contributed by atoms with Crippen LogP contribution in [0.3, 0.4) is 0 Å². The second-order valence-electron chi connectivity index (χ2n) is 4.54. The molecule has 1 heterocycles. The molecule has 1 N–H and O–H groups in total. The molecule has 1 aromatic rings. The molecule has 0 aromatic heterocycles. The summed E-state index contributed by atoms with van der Waals surface area (Å²) in [6, 6.07) is 6.30. The van der Waals surface area contributed by atoms with E-state index in [4.69, 9.17) is 10.00 Å². The Labute approximate surface area is 111 Å². The summed E-state index contributed by atoms with van der Waals surface area (Å²) in [5.41, 5.74) is -0.210. The molecule has 1 aliphatic heterocycles. The average molecular weight is 261 g/mol. The predicted molar refractivity (Wildman–Crippen MR) is 68.9 cm³/mol. The number of benzene rings is 1. The van der Waals surface area contributed by atoms with Crippen LogP contribution < -0.4 is 10.1 Å². The fraction of sp³-hybridized carbons (Fsp3) is 0.462. The minimum atomic E-state index is -0.562. The summed E-state index contributed by atoms with van der Waals surface area (Å²) in [7, 11) is 0. The third kappa shape index (κ3) is 3.20. The lowest BCUT2D eigenvalue weighted by atomic mass is 10.0. The van der Waals surface area contributed by atoms with Gasteiger partial charge in [-0.15, -0.1) is 0 Å². The first kappa shape index (κ1) is 13.3. The molecular formula is C13H15N3O3. The van der Waals surface area contributed by atoms with E-state index in [1.165, 1.54) is 12.1 Å². The number of rotatable bonds is 4. The first-order chi connectivity index (χ1) is 9.22. The van der Waals surface area contributed by atoms with E-state index in [1.54, 1.807) is 6.07 Å². The van der Waals surface area contributed by atoms with E-state index < -0.39 is 4.92 Å². The Hall–Kier alpha value is -2.13. The van der Waals surface area contributed by atoms with Gasteiger partial charge in [-0.3, -0.25) is 10.1 Å². The molecule has 0 bridgehead atoms. The van der Waals surface area contributed by atoms with Gasteiger partial charge in [-0.1, -0.05) is 6.07 Å². The molecular weight excluding hydrogens is 246 g/mol. The van der Waals surface area contributed by atoms with E-state index in [0.29, 0.717) is 18.3 Å². The van der Waals surface area contributed by atoms with Gasteiger partial charge in [0.1, 0.15) is 11.8 Å². The Bertz CT molecular complexity index is 504. The van der Waals surface area contributed by atoms with Crippen molar-refractivity contribution in [2.75, 3.05) is 19.7 Å². The maximum atomic E-state index is 10.8. The molecule has 0 spiro atoms. The van der Waals surface area contributed by atoms with Crippen LogP contribution in [-0.4, -0.2) is 24.6 Å². The fourth-order valence-corrected chi connectivity index (χ4v) is 2.18. The highest BCUT2D eigenvalue weighted by molar-refractivity contribution is 5.56. The molecule has 0 amide bonds. The van der Waals surface area contributed by atoms with Crippen molar-refractivity contribution in [3.05, 3.63) is 33.9 Å². The summed E-state index contributed by atoms with van der Waals surface area (Å²) in [5, 5.41) is 23.1. The Morgan fingerprint density at radius 1 is 1.58 bits per heavy atom. The van der Waals surface area contributed by atoms with Gasteiger partial charge in [0.05, 0.1) is 11.5 Å². The van der Waals surface area contributed by atoms with Gasteiger partial charge >= 0.3 is 0 Å². The predicted octanol–water partition coefficient (Wildman–Crippen LogP) is 1.84. The van der Waals surface area contributed by atoms with E-state index in [9.17, 15) is 10.1 Å². The Morgan fingerprint density at radius 3 is 3.05 bits per heavy atom. The zero-order valence-electron chi connectivity index (χ0n) is 10.5. The first-order valence-electron chi connectivity index (χ1n) is 6.23. The summed E-state index contributed by atoms with van der Waals surface area (Å²) in [5.74, 6) is 0.682. The van der Waals surface area contributed by atoms with Crippen LogP contribution in [0.25, 0.3) is 0 Å². The van der Waals surface area contributed by atoms with Crippen molar-refractivity contribution in [3.8, 4) is 11.8 Å². The van der Waals surface area contributed by atoms with Gasteiger partial charge in [-0.25, -0.2) is 0 Å². The van der Waals surface area contributed by atoms with Gasteiger partial charge in [-0.2, -0.15) is 5.26 Å². The van der Waals surface area contributed by atoms with E-state index >= 15 is 0 Å². The standard InChI is InChI=1S/C13H15N3O3/c14-7-11-12(16(17)18)4-1-5-13(11)19-9-10-3-2-6-15-8-10/h1,4-5,10,15H,2-3,6,8-9H2. The van der Waals surface area contributed by atoms with Gasteiger partial charge in [0.25, 0.3) is 5.69 Å². The van der Waals surface area contributed by atoms with Crippen molar-refractivity contribution >= 4 is 5.69 Å². The van der Waals surface area contributed by atoms with E-state index in [-0.39, 0.29) is 11.3 Å². The molecule has 1 fully saturated rings. The number of nitriles is 1. The highest BCUT2D eigenvalue weighted by Crippen LogP contribution is 2.27. The number of ether oxygens (including phenoxy) is 1. The number of hydrogen-bond donors (Lipinski definition) is 1. The molecule has 6 nitrogen and oxygen atoms in total. The normalized spacial score (nSPS) is 18.6. The lowest BCUT2D eigenvalue weighted by molar-refractivity contribution is -0.385. The molecule has 100 valence electrons. The summed E-state index contributed by atoms with van der Waals surface area (Å²) in [4.78, 5) is 10.3. The van der Waals surface area contributed by atoms with Crippen LogP contribution in [0.1, 0.15) is 18.4 Å². The van der Waals surface area contributed by atoms with Gasteiger partial charge < -0.3 is 10.1 Å². The summed E-state index contributed by atoms with van der Waals surface area (Å²) < 4.78 is 5.59. The summed E-state index contributed by atoms with van der Waals surface area (Å²) in [6.45, 7) is 2.39. The van der Waals surface area contributed by atoms with Crippen molar-refractivity contribution in [3.63, 3.8) is 0 Å². The zero-order chi connectivity index (χ0) is 13.7. The molecule has 19 heavy (non-hydrogen) atoms. The number of piperidine rings is 1. The fourth-order valence-electron chi connectivity index (χ4n) is 2.18. The van der Waals surface area contributed by atoms with Crippen LogP contribution in [0.5, 0.6) is 5.75 Å². The molecule has 0 saturated carbocycles. The van der Waals surface area contributed by atoms with Gasteiger partial charge in [0, 0.05) is 18.5 Å². The van der Waals surface area contributed by atoms with Crippen LogP contribution >= 0.6 is 0 Å². The second-order valence-corrected chi connectivity index (χ2v) is 4.54. The van der Waals surface area contributed by atoms with Gasteiger partial charge in [0.15, 0.2) is 5.56 Å². The third-order valence-corrected chi connectivity index (χ3v) is 3.19. The second kappa shape index (κ2) is 6.16. The van der Waals surface area contributed by atoms with Crippen molar-refractivity contribution in [2.24, 2.45) is 5.92 Å². The highest BCUT2D eigenvalue weighted by atomic mass is 16.6. The first-order valence-corrected chi connectivity index (χ1v) is 6.23. The molecule has 1 aliphatic rings. The van der Waals surface area contributed by atoms with Gasteiger partial charge in [-0.05, 0) is 25.5 Å². The Morgan fingerprint density at radius 2 is 2.42 bits per heavy atom. The van der Waals surface area contributed by atoms with E-state index in [1.807, 2.05) is 6.07 Å². The number of hydrogen-bond acceptors (Lipinski definition) is 5. The number of nitrogens with zero attached hydrogens (tertiary/aromatic N) is 2. The van der Waals surface area contributed by atoms with E-state index in [0.717, 1.165) is 25.9 Å². The molecule has 0 aliphatic carbocycles. The number of nitrogens with one attached hydrogen (secondary N) is 1. The summed E-state index contributed by atoms with van der Waals surface area (Å²) >= 11 is 0. The van der Waals surface area contributed by atoms with Crippen molar-refractivity contribution in [1.82, 2.24) is 5.32 Å². The largest absolute Gasteiger partial charge is 0.492 e. The topological polar surface area (TPSA) is 88.2 Å². The maximum Gasteiger partial charge on any atom is 0.290 e. The third-order valence-electron chi connectivity index (χ3n) is 3.19. The molecule has 1 aromatic carbocycles. The monoisotopic (exact) mass is 261 g/mol. The highest BCUT2D eigenvalue weighted by Gasteiger charge is 2.20. The number of nitro benzene ring substituents is 1. The minimum Gasteiger partial charge on any atom is -0.492 e. The Balaban J connectivity index is 2.09. The molecule has 1 saturated heterocycles. The van der Waals surface area contributed by atoms with Crippen molar-refractivity contribution < 1.29 is 9.66 Å². The average Bonchev–Trinajstić information content (AvgIpc) is 2.45. The SMILES string of the molecule is N#Cc1c(OCC2CCCNC2)cccc1[N+](=O)[O-]. The van der Waals surface area contributed by atoms with Crippen molar-refractivity contribution in [1.29, 1.82) is 5.26 Å². The van der Waals surface area contributed by atoms with E-state index in [2.05, 4.69) is 5.32 Å². The molecule has 1 unspecified atom stereocenters. The zero-order valence-corrected chi connectivity index (χ0v) is 10.5. The number of nitro groups is 1. The molecule has 0 radical (unpaired) electrons. The van der Waals surface area contributed by atoms with Crippen LogP contribution in [0.4, 0.5) is 5.69 Å².